The van der Waals surface area contributed by atoms with Gasteiger partial charge in [-0.05, 0) is 24.4 Å². The Balaban J connectivity index is 2.45. The summed E-state index contributed by atoms with van der Waals surface area (Å²) >= 11 is 0. The first kappa shape index (κ1) is 22.8. The van der Waals surface area contributed by atoms with E-state index in [1.807, 2.05) is 25.1 Å². The fourth-order valence-corrected chi connectivity index (χ4v) is 3.42. The largest absolute Gasteiger partial charge is 0.380 e. The molecule has 0 amide bonds. The number of rotatable bonds is 12. The molecule has 0 radical (unpaired) electrons. The molecule has 0 aliphatic rings. The highest BCUT2D eigenvalue weighted by Gasteiger charge is 2.27. The van der Waals surface area contributed by atoms with Gasteiger partial charge in [-0.3, -0.25) is 0 Å². The zero-order valence-corrected chi connectivity index (χ0v) is 17.8. The van der Waals surface area contributed by atoms with E-state index in [2.05, 4.69) is 44.8 Å². The Kier molecular flexibility index (Phi) is 9.43. The van der Waals surface area contributed by atoms with Crippen molar-refractivity contribution in [2.24, 2.45) is 0 Å². The van der Waals surface area contributed by atoms with Crippen LogP contribution in [0.5, 0.6) is 0 Å². The number of ether oxygens (including phenoxy) is 2. The van der Waals surface area contributed by atoms with Crippen molar-refractivity contribution in [2.75, 3.05) is 20.0 Å². The topological polar surface area (TPSA) is 55.8 Å². The SMILES string of the molecule is C/C(=C\C(C)c1ccccc1)C[C@](O)(C=O)COCOCC[Si](C)(C)C. The van der Waals surface area contributed by atoms with Crippen molar-refractivity contribution in [2.45, 2.75) is 57.5 Å². The van der Waals surface area contributed by atoms with Gasteiger partial charge < -0.3 is 19.4 Å². The molecule has 0 aliphatic heterocycles. The molecule has 0 aliphatic carbocycles. The van der Waals surface area contributed by atoms with Gasteiger partial charge >= 0.3 is 0 Å². The molecule has 0 bridgehead atoms. The molecule has 26 heavy (non-hydrogen) atoms. The van der Waals surface area contributed by atoms with Crippen molar-refractivity contribution >= 4 is 14.4 Å². The maximum Gasteiger partial charge on any atom is 0.154 e. The van der Waals surface area contributed by atoms with E-state index in [9.17, 15) is 9.90 Å². The monoisotopic (exact) mass is 378 g/mol. The predicted octanol–water partition coefficient (Wildman–Crippen LogP) is 4.39. The molecule has 0 aromatic heterocycles. The molecule has 0 saturated carbocycles. The molecule has 0 saturated heterocycles. The lowest BCUT2D eigenvalue weighted by molar-refractivity contribution is -0.139. The zero-order chi connectivity index (χ0) is 19.6. The molecule has 0 fully saturated rings. The van der Waals surface area contributed by atoms with Gasteiger partial charge in [-0.2, -0.15) is 0 Å². The van der Waals surface area contributed by atoms with Crippen LogP contribution in [0.4, 0.5) is 0 Å². The van der Waals surface area contributed by atoms with Crippen LogP contribution in [0.2, 0.25) is 25.7 Å². The van der Waals surface area contributed by atoms with Crippen LogP contribution >= 0.6 is 0 Å². The Morgan fingerprint density at radius 3 is 2.46 bits per heavy atom. The van der Waals surface area contributed by atoms with Crippen molar-refractivity contribution in [1.29, 1.82) is 0 Å². The van der Waals surface area contributed by atoms with E-state index in [0.717, 1.165) is 11.6 Å². The van der Waals surface area contributed by atoms with E-state index in [4.69, 9.17) is 9.47 Å². The molecule has 1 N–H and O–H groups in total. The molecule has 5 heteroatoms. The molecule has 1 aromatic carbocycles. The average molecular weight is 379 g/mol. The third-order valence-corrected chi connectivity index (χ3v) is 5.88. The van der Waals surface area contributed by atoms with E-state index in [1.165, 1.54) is 5.56 Å². The van der Waals surface area contributed by atoms with E-state index >= 15 is 0 Å². The van der Waals surface area contributed by atoms with Gasteiger partial charge in [0.1, 0.15) is 12.4 Å². The molecular weight excluding hydrogens is 344 g/mol. The Bertz CT molecular complexity index is 565. The summed E-state index contributed by atoms with van der Waals surface area (Å²) in [6, 6.07) is 11.2. The first-order chi connectivity index (χ1) is 12.2. The lowest BCUT2D eigenvalue weighted by Crippen LogP contribution is -2.37. The van der Waals surface area contributed by atoms with Crippen molar-refractivity contribution < 1.29 is 19.4 Å². The highest BCUT2D eigenvalue weighted by Crippen LogP contribution is 2.22. The minimum atomic E-state index is -1.51. The summed E-state index contributed by atoms with van der Waals surface area (Å²) in [7, 11) is -1.12. The van der Waals surface area contributed by atoms with Crippen LogP contribution < -0.4 is 0 Å². The van der Waals surface area contributed by atoms with Crippen LogP contribution in [0.25, 0.3) is 0 Å². The summed E-state index contributed by atoms with van der Waals surface area (Å²) in [6.45, 7) is 11.6. The molecule has 1 aromatic rings. The van der Waals surface area contributed by atoms with Gasteiger partial charge in [-0.15, -0.1) is 0 Å². The Labute approximate surface area is 159 Å². The van der Waals surface area contributed by atoms with Crippen molar-refractivity contribution in [3.8, 4) is 0 Å². The number of allylic oxidation sites excluding steroid dienone is 1. The van der Waals surface area contributed by atoms with Crippen LogP contribution in [-0.2, 0) is 14.3 Å². The molecular formula is C21H34O4Si. The lowest BCUT2D eigenvalue weighted by Gasteiger charge is -2.23. The van der Waals surface area contributed by atoms with Gasteiger partial charge in [0.25, 0.3) is 0 Å². The smallest absolute Gasteiger partial charge is 0.154 e. The van der Waals surface area contributed by atoms with E-state index in [-0.39, 0.29) is 25.7 Å². The number of aldehydes is 1. The van der Waals surface area contributed by atoms with Gasteiger partial charge in [-0.1, -0.05) is 68.5 Å². The number of carbonyl (C=O) groups excluding carboxylic acids is 1. The quantitative estimate of drug-likeness (QED) is 0.193. The molecule has 146 valence electrons. The highest BCUT2D eigenvalue weighted by atomic mass is 28.3. The number of hydrogen-bond donors (Lipinski definition) is 1. The Morgan fingerprint density at radius 1 is 1.23 bits per heavy atom. The lowest BCUT2D eigenvalue weighted by atomic mass is 9.93. The van der Waals surface area contributed by atoms with Crippen LogP contribution in [0.3, 0.4) is 0 Å². The van der Waals surface area contributed by atoms with Crippen LogP contribution in [-0.4, -0.2) is 45.1 Å². The highest BCUT2D eigenvalue weighted by molar-refractivity contribution is 6.76. The van der Waals surface area contributed by atoms with Gasteiger partial charge in [0, 0.05) is 21.1 Å². The summed E-state index contributed by atoms with van der Waals surface area (Å²) in [5, 5.41) is 10.5. The summed E-state index contributed by atoms with van der Waals surface area (Å²) < 4.78 is 10.8. The first-order valence-corrected chi connectivity index (χ1v) is 12.9. The fraction of sp³-hybridized carbons (Fsp3) is 0.571. The van der Waals surface area contributed by atoms with Crippen LogP contribution in [0.1, 0.15) is 31.7 Å². The van der Waals surface area contributed by atoms with Crippen molar-refractivity contribution in [1.82, 2.24) is 0 Å². The third kappa shape index (κ3) is 9.43. The minimum Gasteiger partial charge on any atom is -0.380 e. The maximum absolute atomic E-state index is 11.4. The maximum atomic E-state index is 11.4. The number of carbonyl (C=O) groups is 1. The predicted molar refractivity (Wildman–Crippen MR) is 109 cm³/mol. The number of benzene rings is 1. The molecule has 1 rings (SSSR count). The fourth-order valence-electron chi connectivity index (χ4n) is 2.66. The molecule has 0 heterocycles. The summed E-state index contributed by atoms with van der Waals surface area (Å²) in [5.74, 6) is 0.220. The van der Waals surface area contributed by atoms with Crippen LogP contribution in [0.15, 0.2) is 42.0 Å². The Morgan fingerprint density at radius 2 is 1.88 bits per heavy atom. The van der Waals surface area contributed by atoms with E-state index in [1.54, 1.807) is 0 Å². The number of hydrogen-bond acceptors (Lipinski definition) is 4. The second-order valence-electron chi connectivity index (χ2n) is 8.30. The molecule has 4 nitrogen and oxygen atoms in total. The first-order valence-electron chi connectivity index (χ1n) is 9.22. The average Bonchev–Trinajstić information content (AvgIpc) is 2.57. The summed E-state index contributed by atoms with van der Waals surface area (Å²) in [5.41, 5.74) is 0.645. The normalized spacial score (nSPS) is 16.2. The van der Waals surface area contributed by atoms with Gasteiger partial charge in [0.15, 0.2) is 6.29 Å². The van der Waals surface area contributed by atoms with Gasteiger partial charge in [0.2, 0.25) is 0 Å². The molecule has 1 unspecified atom stereocenters. The molecule has 2 atom stereocenters. The second kappa shape index (κ2) is 10.8. The summed E-state index contributed by atoms with van der Waals surface area (Å²) in [4.78, 5) is 11.4. The van der Waals surface area contributed by atoms with E-state index in [0.29, 0.717) is 12.9 Å². The van der Waals surface area contributed by atoms with Gasteiger partial charge in [-0.25, -0.2) is 0 Å². The third-order valence-electron chi connectivity index (χ3n) is 4.18. The standard InChI is InChI=1S/C21H34O4Si/c1-18(13-19(2)20-9-7-6-8-10-20)14-21(23,15-22)16-25-17-24-11-12-26(3,4)5/h6-10,13,15,19,23H,11-12,14,16-17H2,1-5H3/b18-13+/t19?,21-/m0/s1. The van der Waals surface area contributed by atoms with E-state index < -0.39 is 13.7 Å². The Hall–Kier alpha value is -1.27. The number of aliphatic hydroxyl groups is 1. The summed E-state index contributed by atoms with van der Waals surface area (Å²) in [6.07, 6.45) is 2.90. The minimum absolute atomic E-state index is 0.0612. The second-order valence-corrected chi connectivity index (χ2v) is 13.9. The molecule has 0 spiro atoms. The van der Waals surface area contributed by atoms with Crippen LogP contribution in [0, 0.1) is 0 Å². The van der Waals surface area contributed by atoms with Gasteiger partial charge in [0.05, 0.1) is 6.61 Å². The van der Waals surface area contributed by atoms with Crippen molar-refractivity contribution in [3.05, 3.63) is 47.5 Å². The van der Waals surface area contributed by atoms with Crippen molar-refractivity contribution in [3.63, 3.8) is 0 Å². The zero-order valence-electron chi connectivity index (χ0n) is 16.8.